The molecule has 0 atom stereocenters. The van der Waals surface area contributed by atoms with E-state index in [4.69, 9.17) is 16.3 Å². The van der Waals surface area contributed by atoms with E-state index in [0.29, 0.717) is 49.7 Å². The van der Waals surface area contributed by atoms with Crippen molar-refractivity contribution in [2.45, 2.75) is 31.1 Å². The quantitative estimate of drug-likeness (QED) is 0.666. The molecule has 1 fully saturated rings. The first-order chi connectivity index (χ1) is 14.0. The summed E-state index contributed by atoms with van der Waals surface area (Å²) in [5, 5.41) is 6.35. The third kappa shape index (κ3) is 5.55. The first-order valence-electron chi connectivity index (χ1n) is 9.67. The van der Waals surface area contributed by atoms with Crippen LogP contribution in [0.4, 0.5) is 10.1 Å². The minimum absolute atomic E-state index is 0.106. The Morgan fingerprint density at radius 1 is 1.03 bits per heavy atom. The Labute approximate surface area is 174 Å². The third-order valence-electron chi connectivity index (χ3n) is 5.17. The van der Waals surface area contributed by atoms with Crippen LogP contribution in [-0.4, -0.2) is 31.6 Å². The number of anilines is 1. The molecule has 1 saturated heterocycles. The van der Waals surface area contributed by atoms with Crippen LogP contribution in [0, 0.1) is 5.82 Å². The molecule has 3 rings (SSSR count). The number of nitrogens with one attached hydrogen (secondary N) is 2. The maximum atomic E-state index is 13.3. The zero-order chi connectivity index (χ0) is 20.7. The summed E-state index contributed by atoms with van der Waals surface area (Å²) in [6.45, 7) is 1.35. The maximum absolute atomic E-state index is 13.3. The summed E-state index contributed by atoms with van der Waals surface area (Å²) in [4.78, 5) is 25.1. The number of rotatable bonds is 7. The number of hydrogen-bond acceptors (Lipinski definition) is 3. The predicted octanol–water partition coefficient (Wildman–Crippen LogP) is 4.06. The predicted molar refractivity (Wildman–Crippen MR) is 110 cm³/mol. The molecule has 0 aliphatic carbocycles. The highest BCUT2D eigenvalue weighted by Crippen LogP contribution is 2.35. The molecular formula is C22H24ClFN2O3. The van der Waals surface area contributed by atoms with Crippen LogP contribution in [0.5, 0.6) is 0 Å². The van der Waals surface area contributed by atoms with Crippen molar-refractivity contribution in [3.8, 4) is 0 Å². The Balaban J connectivity index is 1.52. The number of carbonyl (C=O) groups is 2. The van der Waals surface area contributed by atoms with Crippen molar-refractivity contribution in [2.75, 3.05) is 25.1 Å². The molecule has 29 heavy (non-hydrogen) atoms. The maximum Gasteiger partial charge on any atom is 0.230 e. The van der Waals surface area contributed by atoms with Crippen LogP contribution in [0.15, 0.2) is 48.5 Å². The minimum atomic E-state index is -0.725. The van der Waals surface area contributed by atoms with Gasteiger partial charge < -0.3 is 15.4 Å². The van der Waals surface area contributed by atoms with Crippen molar-refractivity contribution < 1.29 is 18.7 Å². The Bertz CT molecular complexity index is 834. The number of halogens is 2. The molecule has 1 aliphatic rings. The van der Waals surface area contributed by atoms with Gasteiger partial charge in [-0.1, -0.05) is 23.7 Å². The molecule has 154 valence electrons. The Morgan fingerprint density at radius 2 is 1.69 bits per heavy atom. The van der Waals surface area contributed by atoms with Crippen LogP contribution in [-0.2, 0) is 19.7 Å². The molecule has 0 saturated carbocycles. The Kier molecular flexibility index (Phi) is 7.23. The highest BCUT2D eigenvalue weighted by atomic mass is 35.5. The number of benzene rings is 2. The van der Waals surface area contributed by atoms with Gasteiger partial charge >= 0.3 is 0 Å². The van der Waals surface area contributed by atoms with Gasteiger partial charge in [0.05, 0.1) is 5.41 Å². The number of amides is 2. The molecule has 2 aromatic carbocycles. The number of ether oxygens (including phenoxy) is 1. The summed E-state index contributed by atoms with van der Waals surface area (Å²) in [6.07, 6.45) is 1.89. The van der Waals surface area contributed by atoms with E-state index >= 15 is 0 Å². The van der Waals surface area contributed by atoms with E-state index in [1.807, 2.05) is 0 Å². The number of hydrogen-bond donors (Lipinski definition) is 2. The van der Waals surface area contributed by atoms with Gasteiger partial charge in [-0.3, -0.25) is 9.59 Å². The van der Waals surface area contributed by atoms with Crippen LogP contribution < -0.4 is 10.6 Å². The average Bonchev–Trinajstić information content (AvgIpc) is 2.73. The minimum Gasteiger partial charge on any atom is -0.381 e. The van der Waals surface area contributed by atoms with Gasteiger partial charge in [-0.05, 0) is 61.2 Å². The smallest absolute Gasteiger partial charge is 0.230 e. The van der Waals surface area contributed by atoms with E-state index in [9.17, 15) is 14.0 Å². The molecule has 0 spiro atoms. The fraction of sp³-hybridized carbons (Fsp3) is 0.364. The van der Waals surface area contributed by atoms with Crippen LogP contribution in [0.25, 0.3) is 0 Å². The molecule has 0 aromatic heterocycles. The largest absolute Gasteiger partial charge is 0.381 e. The summed E-state index contributed by atoms with van der Waals surface area (Å²) < 4.78 is 18.7. The lowest BCUT2D eigenvalue weighted by Gasteiger charge is -2.36. The Morgan fingerprint density at radius 3 is 2.34 bits per heavy atom. The first-order valence-corrected chi connectivity index (χ1v) is 10.0. The normalized spacial score (nSPS) is 15.5. The van der Waals surface area contributed by atoms with E-state index in [2.05, 4.69) is 10.6 Å². The van der Waals surface area contributed by atoms with Crippen molar-refractivity contribution >= 4 is 29.1 Å². The van der Waals surface area contributed by atoms with E-state index < -0.39 is 5.41 Å². The molecule has 0 unspecified atom stereocenters. The lowest BCUT2D eigenvalue weighted by molar-refractivity contribution is -0.130. The molecule has 7 heteroatoms. The molecule has 0 radical (unpaired) electrons. The molecule has 2 amide bonds. The van der Waals surface area contributed by atoms with Gasteiger partial charge in [-0.15, -0.1) is 0 Å². The van der Waals surface area contributed by atoms with Crippen LogP contribution in [0.2, 0.25) is 5.02 Å². The van der Waals surface area contributed by atoms with Gasteiger partial charge in [0.2, 0.25) is 11.8 Å². The van der Waals surface area contributed by atoms with Crippen molar-refractivity contribution in [3.63, 3.8) is 0 Å². The second-order valence-electron chi connectivity index (χ2n) is 7.12. The zero-order valence-electron chi connectivity index (χ0n) is 16.0. The van der Waals surface area contributed by atoms with Crippen LogP contribution in [0.1, 0.15) is 31.2 Å². The summed E-state index contributed by atoms with van der Waals surface area (Å²) in [7, 11) is 0. The third-order valence-corrected chi connectivity index (χ3v) is 5.42. The number of carbonyl (C=O) groups excluding carboxylic acids is 2. The second kappa shape index (κ2) is 9.85. The topological polar surface area (TPSA) is 67.4 Å². The lowest BCUT2D eigenvalue weighted by Crippen LogP contribution is -2.48. The standard InChI is InChI=1S/C22H24ClFN2O3/c23-17-5-9-19(10-6-17)26-20(27)2-1-13-25-21(28)22(11-14-29-15-12-22)16-3-7-18(24)8-4-16/h3-10H,1-2,11-15H2,(H,25,28)(H,26,27). The van der Waals surface area contributed by atoms with E-state index in [-0.39, 0.29) is 24.1 Å². The van der Waals surface area contributed by atoms with E-state index in [1.165, 1.54) is 12.1 Å². The first kappa shape index (κ1) is 21.3. The zero-order valence-corrected chi connectivity index (χ0v) is 16.8. The summed E-state index contributed by atoms with van der Waals surface area (Å²) in [5.41, 5.74) is 0.749. The van der Waals surface area contributed by atoms with Crippen LogP contribution >= 0.6 is 11.6 Å². The Hall–Kier alpha value is -2.44. The molecule has 1 heterocycles. The molecule has 5 nitrogen and oxygen atoms in total. The summed E-state index contributed by atoms with van der Waals surface area (Å²) in [5.74, 6) is -0.561. The molecule has 1 aliphatic heterocycles. The lowest BCUT2D eigenvalue weighted by atomic mass is 9.73. The monoisotopic (exact) mass is 418 g/mol. The van der Waals surface area contributed by atoms with Crippen molar-refractivity contribution in [2.24, 2.45) is 0 Å². The summed E-state index contributed by atoms with van der Waals surface area (Å²) in [6, 6.07) is 13.0. The molecular weight excluding hydrogens is 395 g/mol. The summed E-state index contributed by atoms with van der Waals surface area (Å²) >= 11 is 5.83. The van der Waals surface area contributed by atoms with Crippen molar-refractivity contribution in [1.82, 2.24) is 5.32 Å². The average molecular weight is 419 g/mol. The molecule has 0 bridgehead atoms. The fourth-order valence-corrected chi connectivity index (χ4v) is 3.64. The fourth-order valence-electron chi connectivity index (χ4n) is 3.51. The van der Waals surface area contributed by atoms with Gasteiger partial charge in [-0.2, -0.15) is 0 Å². The highest BCUT2D eigenvalue weighted by molar-refractivity contribution is 6.30. The van der Waals surface area contributed by atoms with Crippen molar-refractivity contribution in [3.05, 3.63) is 64.9 Å². The van der Waals surface area contributed by atoms with Gasteiger partial charge in [0.1, 0.15) is 5.82 Å². The molecule has 2 N–H and O–H groups in total. The van der Waals surface area contributed by atoms with Gasteiger partial charge in [0.15, 0.2) is 0 Å². The van der Waals surface area contributed by atoms with E-state index in [0.717, 1.165) is 5.56 Å². The van der Waals surface area contributed by atoms with E-state index in [1.54, 1.807) is 36.4 Å². The molecule has 2 aromatic rings. The van der Waals surface area contributed by atoms with Crippen molar-refractivity contribution in [1.29, 1.82) is 0 Å². The second-order valence-corrected chi connectivity index (χ2v) is 7.55. The van der Waals surface area contributed by atoms with Gasteiger partial charge in [0.25, 0.3) is 0 Å². The SMILES string of the molecule is O=C(CCCNC(=O)C1(c2ccc(F)cc2)CCOCC1)Nc1ccc(Cl)cc1. The van der Waals surface area contributed by atoms with Gasteiger partial charge in [-0.25, -0.2) is 4.39 Å². The van der Waals surface area contributed by atoms with Crippen LogP contribution in [0.3, 0.4) is 0 Å². The highest BCUT2D eigenvalue weighted by Gasteiger charge is 2.41. The van der Waals surface area contributed by atoms with Gasteiger partial charge in [0, 0.05) is 36.9 Å².